The number of carbonyl (C=O) groups is 1. The maximum atomic E-state index is 12.6. The van der Waals surface area contributed by atoms with Gasteiger partial charge in [0.25, 0.3) is 5.91 Å². The molecule has 2 heterocycles. The maximum absolute atomic E-state index is 12.6. The molecule has 0 bridgehead atoms. The highest BCUT2D eigenvalue weighted by Crippen LogP contribution is 2.39. The number of ether oxygens (including phenoxy) is 2. The standard InChI is InChI=1S/C24H27N3O3S/c1-15-7-8-18(16(2)11-15)25-24-26-23(28)22(31-24)13-17-12-21(30-4)19(14-20(17)29-3)27-9-5-6-10-27/h7-8,11-14H,5-6,9-10H2,1-4H3,(H,25,26,28). The highest BCUT2D eigenvalue weighted by atomic mass is 32.2. The van der Waals surface area contributed by atoms with E-state index in [0.717, 1.165) is 41.3 Å². The zero-order valence-corrected chi connectivity index (χ0v) is 19.1. The van der Waals surface area contributed by atoms with E-state index in [1.807, 2.05) is 44.2 Å². The number of benzene rings is 2. The summed E-state index contributed by atoms with van der Waals surface area (Å²) < 4.78 is 11.3. The third-order valence-corrected chi connectivity index (χ3v) is 6.40. The molecule has 7 heteroatoms. The van der Waals surface area contributed by atoms with Crippen molar-refractivity contribution >= 4 is 40.3 Å². The van der Waals surface area contributed by atoms with Crippen molar-refractivity contribution in [2.24, 2.45) is 4.99 Å². The predicted molar refractivity (Wildman–Crippen MR) is 128 cm³/mol. The summed E-state index contributed by atoms with van der Waals surface area (Å²) in [6, 6.07) is 10.0. The summed E-state index contributed by atoms with van der Waals surface area (Å²) in [6.45, 7) is 6.09. The van der Waals surface area contributed by atoms with E-state index in [4.69, 9.17) is 9.47 Å². The van der Waals surface area contributed by atoms with Gasteiger partial charge in [-0.15, -0.1) is 0 Å². The number of aliphatic imine (C=N–C) groups is 1. The molecular formula is C24H27N3O3S. The van der Waals surface area contributed by atoms with Gasteiger partial charge < -0.3 is 19.7 Å². The number of nitrogens with zero attached hydrogens (tertiary/aromatic N) is 2. The SMILES string of the molecule is COc1cc(N2CCCC2)c(OC)cc1C=C1SC(=Nc2ccc(C)cc2C)NC1=O. The van der Waals surface area contributed by atoms with Gasteiger partial charge in [0.15, 0.2) is 5.17 Å². The predicted octanol–water partition coefficient (Wildman–Crippen LogP) is 4.81. The lowest BCUT2D eigenvalue weighted by atomic mass is 10.1. The maximum Gasteiger partial charge on any atom is 0.264 e. The van der Waals surface area contributed by atoms with Gasteiger partial charge in [-0.1, -0.05) is 17.7 Å². The van der Waals surface area contributed by atoms with Gasteiger partial charge in [-0.3, -0.25) is 4.79 Å². The number of rotatable bonds is 5. The third-order valence-electron chi connectivity index (χ3n) is 5.49. The number of amidine groups is 1. The minimum atomic E-state index is -0.168. The summed E-state index contributed by atoms with van der Waals surface area (Å²) in [5.74, 6) is 1.32. The first-order valence-electron chi connectivity index (χ1n) is 10.4. The van der Waals surface area contributed by atoms with E-state index in [2.05, 4.69) is 21.3 Å². The number of methoxy groups -OCH3 is 2. The van der Waals surface area contributed by atoms with Crippen molar-refractivity contribution in [2.45, 2.75) is 26.7 Å². The number of anilines is 1. The lowest BCUT2D eigenvalue weighted by molar-refractivity contribution is -0.115. The molecule has 0 saturated carbocycles. The van der Waals surface area contributed by atoms with Crippen molar-refractivity contribution in [3.63, 3.8) is 0 Å². The van der Waals surface area contributed by atoms with Crippen LogP contribution in [0.25, 0.3) is 6.08 Å². The molecule has 2 fully saturated rings. The highest BCUT2D eigenvalue weighted by molar-refractivity contribution is 8.18. The fourth-order valence-electron chi connectivity index (χ4n) is 3.89. The second-order valence-electron chi connectivity index (χ2n) is 7.73. The molecule has 1 N–H and O–H groups in total. The van der Waals surface area contributed by atoms with Crippen LogP contribution in [-0.2, 0) is 4.79 Å². The summed E-state index contributed by atoms with van der Waals surface area (Å²) in [4.78, 5) is 20.1. The first kappa shape index (κ1) is 21.3. The number of hydrogen-bond donors (Lipinski definition) is 1. The Bertz CT molecular complexity index is 1070. The van der Waals surface area contributed by atoms with Crippen LogP contribution in [0.1, 0.15) is 29.5 Å². The Morgan fingerprint density at radius 3 is 2.48 bits per heavy atom. The summed E-state index contributed by atoms with van der Waals surface area (Å²) in [5, 5.41) is 3.43. The van der Waals surface area contributed by atoms with Crippen LogP contribution in [0.4, 0.5) is 11.4 Å². The summed E-state index contributed by atoms with van der Waals surface area (Å²) in [7, 11) is 3.32. The molecule has 1 amide bonds. The Hall–Kier alpha value is -2.93. The number of hydrogen-bond acceptors (Lipinski definition) is 6. The quantitative estimate of drug-likeness (QED) is 0.680. The van der Waals surface area contributed by atoms with E-state index in [1.165, 1.54) is 30.2 Å². The lowest BCUT2D eigenvalue weighted by Gasteiger charge is -2.22. The number of thioether (sulfide) groups is 1. The van der Waals surface area contributed by atoms with Gasteiger partial charge in [0.2, 0.25) is 0 Å². The van der Waals surface area contributed by atoms with E-state index in [0.29, 0.717) is 15.8 Å². The Labute approximate surface area is 187 Å². The molecule has 0 aromatic heterocycles. The molecule has 2 aliphatic rings. The van der Waals surface area contributed by atoms with Crippen molar-refractivity contribution < 1.29 is 14.3 Å². The smallest absolute Gasteiger partial charge is 0.264 e. The van der Waals surface area contributed by atoms with Crippen LogP contribution >= 0.6 is 11.8 Å². The van der Waals surface area contributed by atoms with Gasteiger partial charge >= 0.3 is 0 Å². The van der Waals surface area contributed by atoms with Crippen molar-refractivity contribution in [3.05, 3.63) is 51.9 Å². The minimum absolute atomic E-state index is 0.168. The average Bonchev–Trinajstić information content (AvgIpc) is 3.40. The zero-order valence-electron chi connectivity index (χ0n) is 18.3. The van der Waals surface area contributed by atoms with Crippen molar-refractivity contribution in [2.75, 3.05) is 32.2 Å². The van der Waals surface area contributed by atoms with Crippen molar-refractivity contribution in [1.29, 1.82) is 0 Å². The topological polar surface area (TPSA) is 63.2 Å². The second-order valence-corrected chi connectivity index (χ2v) is 8.76. The van der Waals surface area contributed by atoms with Gasteiger partial charge in [0.05, 0.1) is 30.5 Å². The molecule has 6 nitrogen and oxygen atoms in total. The van der Waals surface area contributed by atoms with Gasteiger partial charge in [-0.2, -0.15) is 0 Å². The highest BCUT2D eigenvalue weighted by Gasteiger charge is 2.25. The molecule has 2 saturated heterocycles. The molecule has 31 heavy (non-hydrogen) atoms. The number of aryl methyl sites for hydroxylation is 2. The molecule has 2 aromatic carbocycles. The van der Waals surface area contributed by atoms with Crippen LogP contribution in [0, 0.1) is 13.8 Å². The van der Waals surface area contributed by atoms with Crippen LogP contribution in [0.5, 0.6) is 11.5 Å². The van der Waals surface area contributed by atoms with Gasteiger partial charge in [0.1, 0.15) is 11.5 Å². The Kier molecular flexibility index (Phi) is 6.23. The fourth-order valence-corrected chi connectivity index (χ4v) is 4.71. The number of carbonyl (C=O) groups excluding carboxylic acids is 1. The van der Waals surface area contributed by atoms with Crippen LogP contribution in [0.15, 0.2) is 40.2 Å². The normalized spacial score (nSPS) is 18.7. The first-order valence-corrected chi connectivity index (χ1v) is 11.2. The zero-order chi connectivity index (χ0) is 22.0. The summed E-state index contributed by atoms with van der Waals surface area (Å²) >= 11 is 1.33. The van der Waals surface area contributed by atoms with Gasteiger partial charge in [-0.25, -0.2) is 4.99 Å². The second kappa shape index (κ2) is 9.06. The summed E-state index contributed by atoms with van der Waals surface area (Å²) in [6.07, 6.45) is 4.19. The molecule has 4 rings (SSSR count). The monoisotopic (exact) mass is 437 g/mol. The third kappa shape index (κ3) is 4.56. The molecule has 2 aromatic rings. The molecule has 162 valence electrons. The molecular weight excluding hydrogens is 410 g/mol. The van der Waals surface area contributed by atoms with Crippen molar-refractivity contribution in [3.8, 4) is 11.5 Å². The van der Waals surface area contributed by atoms with E-state index >= 15 is 0 Å². The van der Waals surface area contributed by atoms with E-state index in [-0.39, 0.29) is 5.91 Å². The minimum Gasteiger partial charge on any atom is -0.496 e. The summed E-state index contributed by atoms with van der Waals surface area (Å²) in [5.41, 5.74) is 4.93. The Balaban J connectivity index is 1.64. The molecule has 0 spiro atoms. The van der Waals surface area contributed by atoms with E-state index in [9.17, 15) is 4.79 Å². The first-order chi connectivity index (χ1) is 15.0. The van der Waals surface area contributed by atoms with Crippen LogP contribution in [-0.4, -0.2) is 38.4 Å². The number of nitrogens with one attached hydrogen (secondary N) is 1. The largest absolute Gasteiger partial charge is 0.496 e. The Morgan fingerprint density at radius 1 is 1.06 bits per heavy atom. The molecule has 0 atom stereocenters. The molecule has 0 aliphatic carbocycles. The molecule has 2 aliphatic heterocycles. The van der Waals surface area contributed by atoms with E-state index in [1.54, 1.807) is 14.2 Å². The van der Waals surface area contributed by atoms with Crippen LogP contribution in [0.2, 0.25) is 0 Å². The van der Waals surface area contributed by atoms with Gasteiger partial charge in [0, 0.05) is 24.7 Å². The average molecular weight is 438 g/mol. The lowest BCUT2D eigenvalue weighted by Crippen LogP contribution is -2.19. The van der Waals surface area contributed by atoms with E-state index < -0.39 is 0 Å². The Morgan fingerprint density at radius 2 is 1.81 bits per heavy atom. The fraction of sp³-hybridized carbons (Fsp3) is 0.333. The van der Waals surface area contributed by atoms with Gasteiger partial charge in [-0.05, 0) is 62.2 Å². The molecule has 0 unspecified atom stereocenters. The number of amides is 1. The van der Waals surface area contributed by atoms with Crippen LogP contribution < -0.4 is 19.7 Å². The van der Waals surface area contributed by atoms with Crippen LogP contribution in [0.3, 0.4) is 0 Å². The van der Waals surface area contributed by atoms with Crippen molar-refractivity contribution in [1.82, 2.24) is 5.32 Å². The molecule has 0 radical (unpaired) electrons.